The molecule has 20 heavy (non-hydrogen) atoms. The van der Waals surface area contributed by atoms with Gasteiger partial charge in [0.1, 0.15) is 12.2 Å². The van der Waals surface area contributed by atoms with Gasteiger partial charge in [0, 0.05) is 12.4 Å². The molecular weight excluding hydrogens is 260 g/mol. The number of carboxylic acids is 1. The number of benzene rings is 1. The highest BCUT2D eigenvalue weighted by Crippen LogP contribution is 2.31. The van der Waals surface area contributed by atoms with Gasteiger partial charge in [-0.15, -0.1) is 0 Å². The normalized spacial score (nSPS) is 10.2. The zero-order valence-electron chi connectivity index (χ0n) is 11.2. The van der Waals surface area contributed by atoms with Gasteiger partial charge in [-0.1, -0.05) is 6.07 Å². The van der Waals surface area contributed by atoms with Crippen LogP contribution in [0.4, 0.5) is 0 Å². The Bertz CT molecular complexity index is 567. The molecule has 1 aromatic heterocycles. The fourth-order valence-electron chi connectivity index (χ4n) is 1.77. The van der Waals surface area contributed by atoms with E-state index in [2.05, 4.69) is 4.98 Å². The maximum absolute atomic E-state index is 11.2. The summed E-state index contributed by atoms with van der Waals surface area (Å²) in [6.07, 6.45) is 5.17. The van der Waals surface area contributed by atoms with E-state index in [4.69, 9.17) is 9.47 Å². The number of para-hydroxylation sites is 1. The van der Waals surface area contributed by atoms with Gasteiger partial charge in [0.15, 0.2) is 11.5 Å². The number of nitrogens with zero attached hydrogens (tertiary/aromatic N) is 2. The lowest BCUT2D eigenvalue weighted by Gasteiger charge is -2.14. The molecule has 1 N–H and O–H groups in total. The number of carboxylic acid groups (broad SMARTS) is 1. The van der Waals surface area contributed by atoms with E-state index < -0.39 is 5.97 Å². The number of aromatic carboxylic acids is 1. The first-order valence-corrected chi connectivity index (χ1v) is 6.30. The lowest BCUT2D eigenvalue weighted by atomic mass is 10.2. The number of imidazole rings is 1. The summed E-state index contributed by atoms with van der Waals surface area (Å²) >= 11 is 0. The highest BCUT2D eigenvalue weighted by atomic mass is 16.5. The topological polar surface area (TPSA) is 73.6 Å². The number of aromatic nitrogens is 2. The second kappa shape index (κ2) is 6.60. The highest BCUT2D eigenvalue weighted by Gasteiger charge is 2.16. The minimum atomic E-state index is -1.04. The van der Waals surface area contributed by atoms with Crippen molar-refractivity contribution in [3.8, 4) is 11.5 Å². The first-order chi connectivity index (χ1) is 9.72. The number of rotatable bonds is 7. The van der Waals surface area contributed by atoms with Gasteiger partial charge < -0.3 is 19.1 Å². The van der Waals surface area contributed by atoms with Crippen LogP contribution in [-0.4, -0.2) is 33.8 Å². The number of hydrogen-bond acceptors (Lipinski definition) is 4. The van der Waals surface area contributed by atoms with Gasteiger partial charge in [-0.25, -0.2) is 9.78 Å². The number of carbonyl (C=O) groups is 1. The minimum Gasteiger partial charge on any atom is -0.490 e. The first kappa shape index (κ1) is 13.9. The van der Waals surface area contributed by atoms with E-state index in [1.54, 1.807) is 24.7 Å². The summed E-state index contributed by atoms with van der Waals surface area (Å²) < 4.78 is 12.9. The van der Waals surface area contributed by atoms with Crippen LogP contribution in [0.5, 0.6) is 11.5 Å². The molecule has 0 atom stereocenters. The summed E-state index contributed by atoms with van der Waals surface area (Å²) in [5, 5.41) is 9.19. The average Bonchev–Trinajstić information content (AvgIpc) is 2.93. The highest BCUT2D eigenvalue weighted by molar-refractivity contribution is 5.92. The van der Waals surface area contributed by atoms with E-state index in [1.165, 1.54) is 6.07 Å². The van der Waals surface area contributed by atoms with Crippen molar-refractivity contribution in [1.29, 1.82) is 0 Å². The van der Waals surface area contributed by atoms with Gasteiger partial charge in [-0.3, -0.25) is 0 Å². The number of ether oxygens (including phenoxy) is 2. The molecule has 0 bridgehead atoms. The van der Waals surface area contributed by atoms with Gasteiger partial charge in [0.25, 0.3) is 0 Å². The van der Waals surface area contributed by atoms with Crippen LogP contribution in [0.3, 0.4) is 0 Å². The van der Waals surface area contributed by atoms with Gasteiger partial charge in [-0.2, -0.15) is 0 Å². The molecule has 0 aliphatic rings. The second-order valence-electron chi connectivity index (χ2n) is 4.02. The van der Waals surface area contributed by atoms with E-state index >= 15 is 0 Å². The smallest absolute Gasteiger partial charge is 0.339 e. The minimum absolute atomic E-state index is 0.0987. The van der Waals surface area contributed by atoms with Crippen molar-refractivity contribution in [2.75, 3.05) is 13.2 Å². The molecule has 0 spiro atoms. The van der Waals surface area contributed by atoms with Gasteiger partial charge in [0.2, 0.25) is 0 Å². The number of hydrogen-bond donors (Lipinski definition) is 1. The second-order valence-corrected chi connectivity index (χ2v) is 4.02. The van der Waals surface area contributed by atoms with Crippen LogP contribution in [-0.2, 0) is 6.54 Å². The summed E-state index contributed by atoms with van der Waals surface area (Å²) in [6, 6.07) is 4.83. The molecule has 2 aromatic rings. The van der Waals surface area contributed by atoms with Crippen molar-refractivity contribution in [3.05, 3.63) is 42.5 Å². The van der Waals surface area contributed by atoms with Crippen molar-refractivity contribution in [2.45, 2.75) is 13.5 Å². The van der Waals surface area contributed by atoms with Gasteiger partial charge in [0.05, 0.1) is 19.5 Å². The summed E-state index contributed by atoms with van der Waals surface area (Å²) in [6.45, 7) is 3.20. The molecule has 6 nitrogen and oxygen atoms in total. The van der Waals surface area contributed by atoms with Crippen LogP contribution in [0, 0.1) is 0 Å². The molecule has 1 heterocycles. The first-order valence-electron chi connectivity index (χ1n) is 6.30. The Morgan fingerprint density at radius 2 is 2.25 bits per heavy atom. The monoisotopic (exact) mass is 276 g/mol. The molecule has 0 radical (unpaired) electrons. The third-order valence-electron chi connectivity index (χ3n) is 2.66. The molecule has 0 aliphatic carbocycles. The fourth-order valence-corrected chi connectivity index (χ4v) is 1.77. The molecular formula is C14H16N2O4. The molecule has 0 aliphatic heterocycles. The molecule has 0 saturated carbocycles. The maximum Gasteiger partial charge on any atom is 0.339 e. The molecule has 106 valence electrons. The lowest BCUT2D eigenvalue weighted by molar-refractivity contribution is 0.0691. The van der Waals surface area contributed by atoms with Gasteiger partial charge >= 0.3 is 5.97 Å². The lowest BCUT2D eigenvalue weighted by Crippen LogP contribution is -2.10. The fraction of sp³-hybridized carbons (Fsp3) is 0.286. The Balaban J connectivity index is 2.12. The summed E-state index contributed by atoms with van der Waals surface area (Å²) in [7, 11) is 0. The van der Waals surface area contributed by atoms with Crippen LogP contribution in [0.25, 0.3) is 0 Å². The van der Waals surface area contributed by atoms with E-state index in [1.807, 2.05) is 17.7 Å². The molecule has 0 saturated heterocycles. The Morgan fingerprint density at radius 3 is 2.90 bits per heavy atom. The SMILES string of the molecule is CCOc1cccc(C(=O)O)c1OCCn1ccnc1. The predicted molar refractivity (Wildman–Crippen MR) is 72.3 cm³/mol. The van der Waals surface area contributed by atoms with Crippen LogP contribution in [0.2, 0.25) is 0 Å². The third-order valence-corrected chi connectivity index (χ3v) is 2.66. The largest absolute Gasteiger partial charge is 0.490 e. The van der Waals surface area contributed by atoms with Crippen LogP contribution in [0.1, 0.15) is 17.3 Å². The van der Waals surface area contributed by atoms with Crippen LogP contribution < -0.4 is 9.47 Å². The van der Waals surface area contributed by atoms with E-state index in [0.29, 0.717) is 25.5 Å². The Labute approximate surface area is 116 Å². The van der Waals surface area contributed by atoms with E-state index in [0.717, 1.165) is 0 Å². The Hall–Kier alpha value is -2.50. The van der Waals surface area contributed by atoms with Crippen molar-refractivity contribution in [2.24, 2.45) is 0 Å². The average molecular weight is 276 g/mol. The van der Waals surface area contributed by atoms with Crippen molar-refractivity contribution in [3.63, 3.8) is 0 Å². The van der Waals surface area contributed by atoms with Crippen LogP contribution in [0.15, 0.2) is 36.9 Å². The summed E-state index contributed by atoms with van der Waals surface area (Å²) in [5.74, 6) is -0.329. The summed E-state index contributed by atoms with van der Waals surface area (Å²) in [4.78, 5) is 15.1. The Kier molecular flexibility index (Phi) is 4.60. The third kappa shape index (κ3) is 3.28. The molecule has 6 heteroatoms. The van der Waals surface area contributed by atoms with Crippen molar-refractivity contribution >= 4 is 5.97 Å². The quantitative estimate of drug-likeness (QED) is 0.838. The van der Waals surface area contributed by atoms with Gasteiger partial charge in [-0.05, 0) is 19.1 Å². The zero-order valence-corrected chi connectivity index (χ0v) is 11.2. The molecule has 2 rings (SSSR count). The predicted octanol–water partition coefficient (Wildman–Crippen LogP) is 2.06. The molecule has 0 fully saturated rings. The van der Waals surface area contributed by atoms with E-state index in [-0.39, 0.29) is 11.3 Å². The summed E-state index contributed by atoms with van der Waals surface area (Å²) in [5.41, 5.74) is 0.0987. The van der Waals surface area contributed by atoms with E-state index in [9.17, 15) is 9.90 Å². The molecule has 0 unspecified atom stereocenters. The van der Waals surface area contributed by atoms with Crippen molar-refractivity contribution in [1.82, 2.24) is 9.55 Å². The van der Waals surface area contributed by atoms with Crippen LogP contribution >= 0.6 is 0 Å². The van der Waals surface area contributed by atoms with Crippen molar-refractivity contribution < 1.29 is 19.4 Å². The zero-order chi connectivity index (χ0) is 14.4. The maximum atomic E-state index is 11.2. The Morgan fingerprint density at radius 1 is 1.40 bits per heavy atom. The molecule has 0 amide bonds. The standard InChI is InChI=1S/C14H16N2O4/c1-2-19-12-5-3-4-11(14(17)18)13(12)20-9-8-16-7-6-15-10-16/h3-7,10H,2,8-9H2,1H3,(H,17,18). The molecule has 1 aromatic carbocycles.